The highest BCUT2D eigenvalue weighted by Gasteiger charge is 2.17. The Morgan fingerprint density at radius 2 is 1.73 bits per heavy atom. The summed E-state index contributed by atoms with van der Waals surface area (Å²) in [6, 6.07) is 23.8. The molecule has 1 amide bonds. The van der Waals surface area contributed by atoms with Crippen LogP contribution in [0.3, 0.4) is 0 Å². The van der Waals surface area contributed by atoms with Gasteiger partial charge in [0.2, 0.25) is 5.91 Å². The standard InChI is InChI=1S/C26H26N4O2S/c1-18-8-7-11-23(19(18)2)27-24(31)17-33-26-29-28-25(21-12-14-22(32-3)15-13-21)30(26)16-20-9-5-4-6-10-20/h4-15H,16-17H2,1-3H3,(H,27,31). The van der Waals surface area contributed by atoms with Gasteiger partial charge in [0, 0.05) is 11.3 Å². The van der Waals surface area contributed by atoms with Crippen molar-refractivity contribution >= 4 is 23.4 Å². The lowest BCUT2D eigenvalue weighted by molar-refractivity contribution is -0.113. The molecule has 0 saturated carbocycles. The number of rotatable bonds is 8. The Labute approximate surface area is 198 Å². The van der Waals surface area contributed by atoms with Crippen LogP contribution >= 0.6 is 11.8 Å². The number of nitrogens with one attached hydrogen (secondary N) is 1. The summed E-state index contributed by atoms with van der Waals surface area (Å²) in [5, 5.41) is 12.6. The summed E-state index contributed by atoms with van der Waals surface area (Å²) < 4.78 is 7.32. The maximum atomic E-state index is 12.7. The van der Waals surface area contributed by atoms with Crippen LogP contribution in [0, 0.1) is 13.8 Å². The van der Waals surface area contributed by atoms with Crippen LogP contribution in [0.15, 0.2) is 78.0 Å². The molecule has 168 valence electrons. The Morgan fingerprint density at radius 3 is 2.45 bits per heavy atom. The number of anilines is 1. The minimum absolute atomic E-state index is 0.0750. The number of hydrogen-bond acceptors (Lipinski definition) is 5. The molecule has 1 aromatic heterocycles. The Balaban J connectivity index is 1.55. The number of benzene rings is 3. The van der Waals surface area contributed by atoms with Gasteiger partial charge in [-0.3, -0.25) is 9.36 Å². The van der Waals surface area contributed by atoms with Crippen molar-refractivity contribution in [1.29, 1.82) is 0 Å². The molecule has 4 aromatic rings. The van der Waals surface area contributed by atoms with E-state index >= 15 is 0 Å². The number of thioether (sulfide) groups is 1. The van der Waals surface area contributed by atoms with Gasteiger partial charge >= 0.3 is 0 Å². The lowest BCUT2D eigenvalue weighted by Gasteiger charge is -2.12. The Morgan fingerprint density at radius 1 is 0.970 bits per heavy atom. The third-order valence-electron chi connectivity index (χ3n) is 5.46. The second-order valence-electron chi connectivity index (χ2n) is 7.69. The molecule has 1 N–H and O–H groups in total. The zero-order valence-corrected chi connectivity index (χ0v) is 19.7. The molecule has 0 unspecified atom stereocenters. The fourth-order valence-corrected chi connectivity index (χ4v) is 4.20. The molecular formula is C26H26N4O2S. The van der Waals surface area contributed by atoms with Gasteiger partial charge in [0.25, 0.3) is 0 Å². The third kappa shape index (κ3) is 5.43. The molecule has 0 saturated heterocycles. The molecule has 33 heavy (non-hydrogen) atoms. The molecule has 0 fully saturated rings. The van der Waals surface area contributed by atoms with Gasteiger partial charge in [0.15, 0.2) is 11.0 Å². The molecular weight excluding hydrogens is 432 g/mol. The van der Waals surface area contributed by atoms with Crippen molar-refractivity contribution in [1.82, 2.24) is 14.8 Å². The summed E-state index contributed by atoms with van der Waals surface area (Å²) in [5.74, 6) is 1.70. The molecule has 0 aliphatic heterocycles. The smallest absolute Gasteiger partial charge is 0.234 e. The topological polar surface area (TPSA) is 69.0 Å². The fraction of sp³-hybridized carbons (Fsp3) is 0.192. The monoisotopic (exact) mass is 458 g/mol. The Kier molecular flexibility index (Phi) is 7.10. The van der Waals surface area contributed by atoms with Crippen LogP contribution in [0.2, 0.25) is 0 Å². The average molecular weight is 459 g/mol. The predicted octanol–water partition coefficient (Wildman–Crippen LogP) is 5.35. The molecule has 0 spiro atoms. The van der Waals surface area contributed by atoms with Crippen molar-refractivity contribution in [3.05, 3.63) is 89.5 Å². The van der Waals surface area contributed by atoms with Gasteiger partial charge in [0.05, 0.1) is 19.4 Å². The first-order valence-electron chi connectivity index (χ1n) is 10.7. The zero-order valence-electron chi connectivity index (χ0n) is 18.9. The Bertz CT molecular complexity index is 1240. The van der Waals surface area contributed by atoms with Gasteiger partial charge in [-0.1, -0.05) is 54.2 Å². The van der Waals surface area contributed by atoms with Gasteiger partial charge in [-0.15, -0.1) is 10.2 Å². The van der Waals surface area contributed by atoms with E-state index in [1.54, 1.807) is 7.11 Å². The van der Waals surface area contributed by atoms with Gasteiger partial charge < -0.3 is 10.1 Å². The van der Waals surface area contributed by atoms with Crippen molar-refractivity contribution in [3.63, 3.8) is 0 Å². The highest BCUT2D eigenvalue weighted by molar-refractivity contribution is 7.99. The summed E-state index contributed by atoms with van der Waals surface area (Å²) >= 11 is 1.38. The van der Waals surface area contributed by atoms with Gasteiger partial charge in [-0.05, 0) is 60.9 Å². The number of carbonyl (C=O) groups excluding carboxylic acids is 1. The quantitative estimate of drug-likeness (QED) is 0.361. The van der Waals surface area contributed by atoms with Gasteiger partial charge in [-0.2, -0.15) is 0 Å². The van der Waals surface area contributed by atoms with E-state index in [-0.39, 0.29) is 11.7 Å². The molecule has 0 aliphatic rings. The van der Waals surface area contributed by atoms with E-state index in [0.29, 0.717) is 11.7 Å². The maximum absolute atomic E-state index is 12.7. The second kappa shape index (κ2) is 10.4. The van der Waals surface area contributed by atoms with E-state index in [2.05, 4.69) is 27.6 Å². The first-order chi connectivity index (χ1) is 16.0. The molecule has 0 atom stereocenters. The van der Waals surface area contributed by atoms with Crippen LogP contribution in [0.1, 0.15) is 16.7 Å². The SMILES string of the molecule is COc1ccc(-c2nnc(SCC(=O)Nc3cccc(C)c3C)n2Cc2ccccc2)cc1. The van der Waals surface area contributed by atoms with E-state index in [0.717, 1.165) is 39.5 Å². The molecule has 0 radical (unpaired) electrons. The van der Waals surface area contributed by atoms with Crippen LogP contribution in [-0.4, -0.2) is 33.5 Å². The van der Waals surface area contributed by atoms with Crippen molar-refractivity contribution < 1.29 is 9.53 Å². The fourth-order valence-electron chi connectivity index (χ4n) is 3.46. The lowest BCUT2D eigenvalue weighted by Crippen LogP contribution is -2.15. The van der Waals surface area contributed by atoms with Crippen molar-refractivity contribution in [3.8, 4) is 17.1 Å². The number of hydrogen-bond donors (Lipinski definition) is 1. The summed E-state index contributed by atoms with van der Waals surface area (Å²) in [6.45, 7) is 4.65. The number of ether oxygens (including phenoxy) is 1. The summed E-state index contributed by atoms with van der Waals surface area (Å²) in [7, 11) is 1.64. The summed E-state index contributed by atoms with van der Waals surface area (Å²) in [4.78, 5) is 12.7. The van der Waals surface area contributed by atoms with E-state index in [9.17, 15) is 4.79 Å². The molecule has 3 aromatic carbocycles. The first-order valence-corrected chi connectivity index (χ1v) is 11.6. The normalized spacial score (nSPS) is 10.8. The van der Waals surface area contributed by atoms with E-state index < -0.39 is 0 Å². The van der Waals surface area contributed by atoms with Gasteiger partial charge in [-0.25, -0.2) is 0 Å². The molecule has 0 aliphatic carbocycles. The van der Waals surface area contributed by atoms with Crippen molar-refractivity contribution in [2.75, 3.05) is 18.2 Å². The number of carbonyl (C=O) groups is 1. The minimum Gasteiger partial charge on any atom is -0.497 e. The highest BCUT2D eigenvalue weighted by Crippen LogP contribution is 2.27. The zero-order chi connectivity index (χ0) is 23.2. The van der Waals surface area contributed by atoms with Crippen LogP contribution in [0.25, 0.3) is 11.4 Å². The van der Waals surface area contributed by atoms with Crippen LogP contribution in [0.4, 0.5) is 5.69 Å². The van der Waals surface area contributed by atoms with Crippen LogP contribution in [-0.2, 0) is 11.3 Å². The minimum atomic E-state index is -0.0750. The predicted molar refractivity (Wildman–Crippen MR) is 133 cm³/mol. The summed E-state index contributed by atoms with van der Waals surface area (Å²) in [5.41, 5.74) is 5.13. The summed E-state index contributed by atoms with van der Waals surface area (Å²) in [6.07, 6.45) is 0. The molecule has 1 heterocycles. The average Bonchev–Trinajstić information content (AvgIpc) is 3.23. The molecule has 0 bridgehead atoms. The maximum Gasteiger partial charge on any atom is 0.234 e. The van der Waals surface area contributed by atoms with Crippen LogP contribution in [0.5, 0.6) is 5.75 Å². The molecule has 4 rings (SSSR count). The number of aryl methyl sites for hydroxylation is 1. The Hall–Kier alpha value is -3.58. The number of amides is 1. The van der Waals surface area contributed by atoms with E-state index in [1.165, 1.54) is 11.8 Å². The van der Waals surface area contributed by atoms with E-state index in [4.69, 9.17) is 4.74 Å². The molecule has 7 heteroatoms. The number of methoxy groups -OCH3 is 1. The van der Waals surface area contributed by atoms with Crippen molar-refractivity contribution in [2.24, 2.45) is 0 Å². The van der Waals surface area contributed by atoms with Crippen molar-refractivity contribution in [2.45, 2.75) is 25.5 Å². The third-order valence-corrected chi connectivity index (χ3v) is 6.43. The largest absolute Gasteiger partial charge is 0.497 e. The van der Waals surface area contributed by atoms with E-state index in [1.807, 2.05) is 79.1 Å². The number of nitrogens with zero attached hydrogens (tertiary/aromatic N) is 3. The highest BCUT2D eigenvalue weighted by atomic mass is 32.2. The van der Waals surface area contributed by atoms with Gasteiger partial charge in [0.1, 0.15) is 5.75 Å². The van der Waals surface area contributed by atoms with Crippen LogP contribution < -0.4 is 10.1 Å². The first kappa shape index (κ1) is 22.6. The number of aromatic nitrogens is 3. The second-order valence-corrected chi connectivity index (χ2v) is 8.63. The lowest BCUT2D eigenvalue weighted by atomic mass is 10.1. The molecule has 6 nitrogen and oxygen atoms in total.